The summed E-state index contributed by atoms with van der Waals surface area (Å²) in [7, 11) is -1.57. The number of halogens is 1. The number of aliphatic imine (C=N–C) groups is 1. The standard InChI is InChI=1S/C21H34N4O2S.HI/c1-17-6-10-19(11-7-17)24-21(22-2)23-16-18-8-12-20(13-9-18)28(26,27)25-14-4-3-5-15-25;/h8-9,12-13,17,19H,3-7,10-11,14-16H2,1-2H3,(H2,22,23,24);1H. The molecule has 6 nitrogen and oxygen atoms in total. The molecule has 1 saturated carbocycles. The molecule has 164 valence electrons. The second kappa shape index (κ2) is 11.5. The fraction of sp³-hybridized carbons (Fsp3) is 0.667. The molecule has 0 atom stereocenters. The van der Waals surface area contributed by atoms with Crippen molar-refractivity contribution < 1.29 is 8.42 Å². The van der Waals surface area contributed by atoms with Gasteiger partial charge in [0.25, 0.3) is 0 Å². The highest BCUT2D eigenvalue weighted by molar-refractivity contribution is 14.0. The van der Waals surface area contributed by atoms with Crippen molar-refractivity contribution in [3.8, 4) is 0 Å². The molecule has 2 fully saturated rings. The molecule has 2 aliphatic rings. The summed E-state index contributed by atoms with van der Waals surface area (Å²) in [6, 6.07) is 7.71. The minimum atomic E-state index is -3.36. The molecule has 0 amide bonds. The third-order valence-corrected chi connectivity index (χ3v) is 7.83. The number of hydrogen-bond donors (Lipinski definition) is 2. The average molecular weight is 535 g/mol. The first-order chi connectivity index (χ1) is 13.5. The molecule has 0 spiro atoms. The summed E-state index contributed by atoms with van der Waals surface area (Å²) in [4.78, 5) is 4.71. The number of guanidine groups is 1. The van der Waals surface area contributed by atoms with Crippen LogP contribution in [0.15, 0.2) is 34.2 Å². The number of nitrogens with zero attached hydrogens (tertiary/aromatic N) is 2. The van der Waals surface area contributed by atoms with Gasteiger partial charge in [-0.2, -0.15) is 4.31 Å². The summed E-state index contributed by atoms with van der Waals surface area (Å²) in [5.74, 6) is 1.64. The Morgan fingerprint density at radius 2 is 1.69 bits per heavy atom. The lowest BCUT2D eigenvalue weighted by molar-refractivity contribution is 0.329. The predicted octanol–water partition coefficient (Wildman–Crippen LogP) is 3.72. The quantitative estimate of drug-likeness (QED) is 0.343. The van der Waals surface area contributed by atoms with Crippen LogP contribution in [-0.2, 0) is 16.6 Å². The maximum atomic E-state index is 12.7. The highest BCUT2D eigenvalue weighted by atomic mass is 127. The van der Waals surface area contributed by atoms with Gasteiger partial charge in [-0.1, -0.05) is 25.5 Å². The van der Waals surface area contributed by atoms with Crippen molar-refractivity contribution >= 4 is 40.0 Å². The zero-order valence-electron chi connectivity index (χ0n) is 17.6. The third kappa shape index (κ3) is 6.82. The lowest BCUT2D eigenvalue weighted by atomic mass is 9.87. The molecule has 0 radical (unpaired) electrons. The zero-order chi connectivity index (χ0) is 20.0. The van der Waals surface area contributed by atoms with Gasteiger partial charge in [0, 0.05) is 32.7 Å². The van der Waals surface area contributed by atoms with E-state index in [1.54, 1.807) is 23.5 Å². The van der Waals surface area contributed by atoms with Gasteiger partial charge in [-0.15, -0.1) is 24.0 Å². The molecular weight excluding hydrogens is 499 g/mol. The van der Waals surface area contributed by atoms with Crippen LogP contribution < -0.4 is 10.6 Å². The van der Waals surface area contributed by atoms with Crippen LogP contribution in [0.1, 0.15) is 57.4 Å². The van der Waals surface area contributed by atoms with Crippen LogP contribution in [0.5, 0.6) is 0 Å². The summed E-state index contributed by atoms with van der Waals surface area (Å²) in [5, 5.41) is 6.86. The van der Waals surface area contributed by atoms with Crippen LogP contribution in [0.2, 0.25) is 0 Å². The normalized spacial score (nSPS) is 23.9. The van der Waals surface area contributed by atoms with Crippen LogP contribution in [0.4, 0.5) is 0 Å². The van der Waals surface area contributed by atoms with Crippen LogP contribution >= 0.6 is 24.0 Å². The SMILES string of the molecule is CN=C(NCc1ccc(S(=O)(=O)N2CCCCC2)cc1)NC1CCC(C)CC1.I. The fourth-order valence-electron chi connectivity index (χ4n) is 4.01. The topological polar surface area (TPSA) is 73.8 Å². The van der Waals surface area contributed by atoms with Gasteiger partial charge in [0.2, 0.25) is 10.0 Å². The number of hydrogen-bond acceptors (Lipinski definition) is 3. The van der Waals surface area contributed by atoms with Crippen LogP contribution in [0.3, 0.4) is 0 Å². The van der Waals surface area contributed by atoms with E-state index < -0.39 is 10.0 Å². The number of benzene rings is 1. The zero-order valence-corrected chi connectivity index (χ0v) is 20.7. The van der Waals surface area contributed by atoms with Crippen molar-refractivity contribution in [2.24, 2.45) is 10.9 Å². The van der Waals surface area contributed by atoms with Gasteiger partial charge in [0.1, 0.15) is 0 Å². The van der Waals surface area contributed by atoms with Gasteiger partial charge in [-0.25, -0.2) is 8.42 Å². The second-order valence-corrected chi connectivity index (χ2v) is 10.1. The minimum absolute atomic E-state index is 0. The van der Waals surface area contributed by atoms with Gasteiger partial charge in [0.15, 0.2) is 5.96 Å². The fourth-order valence-corrected chi connectivity index (χ4v) is 5.53. The Bertz CT molecular complexity index is 753. The summed E-state index contributed by atoms with van der Waals surface area (Å²) in [6.45, 7) is 4.20. The molecule has 1 saturated heterocycles. The molecule has 2 N–H and O–H groups in total. The Balaban J connectivity index is 0.00000300. The second-order valence-electron chi connectivity index (χ2n) is 8.14. The van der Waals surface area contributed by atoms with Crippen molar-refractivity contribution in [3.63, 3.8) is 0 Å². The molecule has 1 aromatic carbocycles. The molecule has 1 heterocycles. The monoisotopic (exact) mass is 534 g/mol. The van der Waals surface area contributed by atoms with E-state index in [1.165, 1.54) is 25.7 Å². The van der Waals surface area contributed by atoms with Gasteiger partial charge < -0.3 is 10.6 Å². The summed E-state index contributed by atoms with van der Waals surface area (Å²) >= 11 is 0. The molecular formula is C21H35IN4O2S. The first-order valence-corrected chi connectivity index (χ1v) is 12.0. The van der Waals surface area contributed by atoms with Crippen LogP contribution in [-0.4, -0.2) is 44.9 Å². The van der Waals surface area contributed by atoms with E-state index in [1.807, 2.05) is 12.1 Å². The Kier molecular flexibility index (Phi) is 9.68. The van der Waals surface area contributed by atoms with E-state index in [2.05, 4.69) is 22.5 Å². The van der Waals surface area contributed by atoms with E-state index >= 15 is 0 Å². The molecule has 1 aliphatic carbocycles. The Labute approximate surface area is 193 Å². The van der Waals surface area contributed by atoms with Crippen LogP contribution in [0.25, 0.3) is 0 Å². The molecule has 0 bridgehead atoms. The Hall–Kier alpha value is -0.870. The number of piperidine rings is 1. The van der Waals surface area contributed by atoms with E-state index in [4.69, 9.17) is 0 Å². The first-order valence-electron chi connectivity index (χ1n) is 10.6. The van der Waals surface area contributed by atoms with Gasteiger partial charge in [0.05, 0.1) is 4.90 Å². The van der Waals surface area contributed by atoms with E-state index in [9.17, 15) is 8.42 Å². The van der Waals surface area contributed by atoms with Crippen molar-refractivity contribution in [1.29, 1.82) is 0 Å². The smallest absolute Gasteiger partial charge is 0.243 e. The molecule has 1 aromatic rings. The van der Waals surface area contributed by atoms with Crippen molar-refractivity contribution in [2.45, 2.75) is 69.4 Å². The summed E-state index contributed by atoms with van der Waals surface area (Å²) < 4.78 is 27.1. The third-order valence-electron chi connectivity index (χ3n) is 5.92. The molecule has 1 aliphatic heterocycles. The van der Waals surface area contributed by atoms with E-state index in [0.717, 1.165) is 36.7 Å². The summed E-state index contributed by atoms with van der Waals surface area (Å²) in [5.41, 5.74) is 1.04. The van der Waals surface area contributed by atoms with Gasteiger partial charge in [-0.3, -0.25) is 4.99 Å². The van der Waals surface area contributed by atoms with Crippen molar-refractivity contribution in [1.82, 2.24) is 14.9 Å². The molecule has 0 unspecified atom stereocenters. The Morgan fingerprint density at radius 3 is 2.28 bits per heavy atom. The summed E-state index contributed by atoms with van der Waals surface area (Å²) in [6.07, 6.45) is 7.92. The number of nitrogens with one attached hydrogen (secondary N) is 2. The Morgan fingerprint density at radius 1 is 1.07 bits per heavy atom. The van der Waals surface area contributed by atoms with E-state index in [-0.39, 0.29) is 24.0 Å². The number of rotatable bonds is 5. The highest BCUT2D eigenvalue weighted by Crippen LogP contribution is 2.23. The van der Waals surface area contributed by atoms with Crippen LogP contribution in [0, 0.1) is 5.92 Å². The molecule has 8 heteroatoms. The lowest BCUT2D eigenvalue weighted by Crippen LogP contribution is -2.44. The average Bonchev–Trinajstić information content (AvgIpc) is 2.73. The predicted molar refractivity (Wildman–Crippen MR) is 129 cm³/mol. The van der Waals surface area contributed by atoms with E-state index in [0.29, 0.717) is 30.6 Å². The van der Waals surface area contributed by atoms with Crippen molar-refractivity contribution in [2.75, 3.05) is 20.1 Å². The largest absolute Gasteiger partial charge is 0.354 e. The highest BCUT2D eigenvalue weighted by Gasteiger charge is 2.25. The maximum Gasteiger partial charge on any atom is 0.243 e. The van der Waals surface area contributed by atoms with Gasteiger partial charge in [-0.05, 0) is 62.1 Å². The minimum Gasteiger partial charge on any atom is -0.354 e. The molecule has 3 rings (SSSR count). The maximum absolute atomic E-state index is 12.7. The van der Waals surface area contributed by atoms with Crippen molar-refractivity contribution in [3.05, 3.63) is 29.8 Å². The van der Waals surface area contributed by atoms with Gasteiger partial charge >= 0.3 is 0 Å². The number of sulfonamides is 1. The molecule has 0 aromatic heterocycles. The lowest BCUT2D eigenvalue weighted by Gasteiger charge is -2.28. The molecule has 29 heavy (non-hydrogen) atoms. The first kappa shape index (κ1) is 24.4.